The molecular formula is C19H20N2O20P4-4. The monoisotopic (exact) mass is 720 g/mol. The Kier molecular flexibility index (Phi) is 11.8. The highest BCUT2D eigenvalue weighted by atomic mass is 31.3. The number of aliphatic hydroxyl groups excluding tert-OH is 1. The fourth-order valence-corrected chi connectivity index (χ4v) is 8.75. The molecule has 250 valence electrons. The van der Waals surface area contributed by atoms with Gasteiger partial charge in [-0.15, -0.1) is 0 Å². The number of carbonyl (C=O) groups is 2. The van der Waals surface area contributed by atoms with Crippen molar-refractivity contribution < 1.29 is 84.6 Å². The number of hydrogen-bond donors (Lipinski definition) is 3. The SMILES string of the molecule is O=C(O)CCP(=O)([O-])OP(=O)([O-])OP(=O)([O-])OP(=O)([O-])OC[C@H]1O[C@@H](n2ccc(=O)[nH]c2=O)C(OC(=O)c2ccccc2)[C@H]1O. The Bertz CT molecular complexity index is 1710. The van der Waals surface area contributed by atoms with Crippen LogP contribution < -0.4 is 30.8 Å². The maximum Gasteiger partial charge on any atom is 0.338 e. The second-order valence-electron chi connectivity index (χ2n) is 8.67. The molecule has 0 bridgehead atoms. The van der Waals surface area contributed by atoms with Gasteiger partial charge in [-0.1, -0.05) is 18.2 Å². The first kappa shape index (κ1) is 36.8. The van der Waals surface area contributed by atoms with Gasteiger partial charge in [-0.25, -0.2) is 18.2 Å². The van der Waals surface area contributed by atoms with Gasteiger partial charge >= 0.3 is 17.6 Å². The zero-order valence-corrected chi connectivity index (χ0v) is 25.5. The standard InChI is InChI=1S/C19H24N2O20P4/c22-13-6-8-21(19(27)20-13)17-16(38-18(26)11-4-2-1-3-5-11)15(25)12(37-17)10-36-43(30,31)40-45(34,35)41-44(32,33)39-42(28,29)9-7-14(23)24/h1-6,8,12,15-17,25H,7,9-10H2,(H,23,24)(H,28,29)(H,30,31)(H,32,33)(H,34,35)(H,20,22,27)/p-4/t12-,15+,16?,17-/m1/s1. The lowest BCUT2D eigenvalue weighted by Gasteiger charge is -2.36. The Morgan fingerprint density at radius 3 is 2.13 bits per heavy atom. The lowest BCUT2D eigenvalue weighted by atomic mass is 10.1. The van der Waals surface area contributed by atoms with Crippen LogP contribution >= 0.6 is 31.1 Å². The summed E-state index contributed by atoms with van der Waals surface area (Å²) < 4.78 is 73.3. The number of carboxylic acid groups (broad SMARTS) is 1. The number of aromatic amines is 1. The second kappa shape index (κ2) is 14.4. The van der Waals surface area contributed by atoms with Gasteiger partial charge in [-0.05, 0) is 12.1 Å². The normalized spacial score (nSPS) is 25.3. The van der Waals surface area contributed by atoms with Crippen LogP contribution in [0.1, 0.15) is 23.0 Å². The van der Waals surface area contributed by atoms with Crippen molar-refractivity contribution in [3.63, 3.8) is 0 Å². The summed E-state index contributed by atoms with van der Waals surface area (Å²) in [5, 5.41) is 19.2. The third-order valence-corrected chi connectivity index (χ3v) is 11.5. The molecule has 0 saturated carbocycles. The van der Waals surface area contributed by atoms with E-state index in [1.807, 2.05) is 4.98 Å². The number of H-pyrrole nitrogens is 1. The zero-order valence-electron chi connectivity index (χ0n) is 22.0. The third-order valence-electron chi connectivity index (χ3n) is 5.31. The predicted molar refractivity (Wildman–Crippen MR) is 134 cm³/mol. The highest BCUT2D eigenvalue weighted by molar-refractivity contribution is 7.69. The number of ether oxygens (including phenoxy) is 2. The topological polar surface area (TPSA) is 345 Å². The maximum atomic E-state index is 12.6. The van der Waals surface area contributed by atoms with Gasteiger partial charge in [0.05, 0.1) is 18.6 Å². The molecule has 2 heterocycles. The molecule has 22 nitrogen and oxygen atoms in total. The molecule has 1 aliphatic rings. The minimum Gasteiger partial charge on any atom is -0.778 e. The van der Waals surface area contributed by atoms with Crippen LogP contribution in [0.3, 0.4) is 0 Å². The number of esters is 1. The van der Waals surface area contributed by atoms with Crippen LogP contribution in [-0.2, 0) is 50.0 Å². The first-order valence-electron chi connectivity index (χ1n) is 11.8. The lowest BCUT2D eigenvalue weighted by Crippen LogP contribution is -2.40. The van der Waals surface area contributed by atoms with Crippen LogP contribution in [0.5, 0.6) is 0 Å². The fraction of sp³-hybridized carbons (Fsp3) is 0.368. The molecule has 1 saturated heterocycles. The van der Waals surface area contributed by atoms with Gasteiger partial charge < -0.3 is 48.3 Å². The van der Waals surface area contributed by atoms with Crippen molar-refractivity contribution in [1.29, 1.82) is 0 Å². The zero-order chi connectivity index (χ0) is 33.8. The number of nitrogens with one attached hydrogen (secondary N) is 1. The molecule has 8 atom stereocenters. The predicted octanol–water partition coefficient (Wildman–Crippen LogP) is -2.48. The van der Waals surface area contributed by atoms with Crippen molar-refractivity contribution in [3.8, 4) is 0 Å². The summed E-state index contributed by atoms with van der Waals surface area (Å²) in [7, 11) is -24.7. The number of aliphatic hydroxyl groups is 1. The third kappa shape index (κ3) is 11.0. The van der Waals surface area contributed by atoms with E-state index >= 15 is 0 Å². The van der Waals surface area contributed by atoms with E-state index in [1.165, 1.54) is 24.3 Å². The molecule has 1 aromatic heterocycles. The molecule has 3 rings (SSSR count). The minimum atomic E-state index is -6.55. The van der Waals surface area contributed by atoms with Crippen LogP contribution in [0.25, 0.3) is 0 Å². The van der Waals surface area contributed by atoms with Gasteiger partial charge in [0.1, 0.15) is 19.8 Å². The van der Waals surface area contributed by atoms with Crippen LogP contribution in [0.15, 0.2) is 52.2 Å². The van der Waals surface area contributed by atoms with Gasteiger partial charge in [0.2, 0.25) is 0 Å². The van der Waals surface area contributed by atoms with Gasteiger partial charge in [-0.2, -0.15) is 0 Å². The van der Waals surface area contributed by atoms with Gasteiger partial charge in [0.25, 0.3) is 29.0 Å². The van der Waals surface area contributed by atoms with Crippen LogP contribution in [-0.4, -0.2) is 62.8 Å². The molecule has 1 aromatic carbocycles. The smallest absolute Gasteiger partial charge is 0.338 e. The Morgan fingerprint density at radius 1 is 0.933 bits per heavy atom. The molecule has 26 heteroatoms. The number of hydrogen-bond acceptors (Lipinski definition) is 19. The van der Waals surface area contributed by atoms with Crippen molar-refractivity contribution in [2.45, 2.75) is 31.0 Å². The number of carboxylic acids is 1. The highest BCUT2D eigenvalue weighted by Crippen LogP contribution is 2.66. The van der Waals surface area contributed by atoms with Gasteiger partial charge in [-0.3, -0.25) is 37.1 Å². The highest BCUT2D eigenvalue weighted by Gasteiger charge is 2.48. The Balaban J connectivity index is 1.72. The molecule has 1 fully saturated rings. The van der Waals surface area contributed by atoms with Crippen molar-refractivity contribution in [2.24, 2.45) is 0 Å². The molecule has 2 aromatic rings. The summed E-state index contributed by atoms with van der Waals surface area (Å²) in [4.78, 5) is 96.0. The van der Waals surface area contributed by atoms with E-state index in [2.05, 4.69) is 17.5 Å². The van der Waals surface area contributed by atoms with Crippen molar-refractivity contribution in [3.05, 3.63) is 69.0 Å². The largest absolute Gasteiger partial charge is 0.778 e. The van der Waals surface area contributed by atoms with E-state index in [0.29, 0.717) is 4.57 Å². The van der Waals surface area contributed by atoms with E-state index in [1.54, 1.807) is 6.07 Å². The number of carbonyl (C=O) groups excluding carboxylic acids is 1. The molecule has 1 aliphatic heterocycles. The molecule has 5 unspecified atom stereocenters. The average Bonchev–Trinajstić information content (AvgIpc) is 3.19. The summed E-state index contributed by atoms with van der Waals surface area (Å²) >= 11 is 0. The minimum absolute atomic E-state index is 0.0181. The number of aliphatic carboxylic acids is 1. The number of nitrogens with zero attached hydrogens (tertiary/aromatic N) is 1. The van der Waals surface area contributed by atoms with Crippen LogP contribution in [0.2, 0.25) is 0 Å². The first-order valence-corrected chi connectivity index (χ1v) is 17.9. The molecule has 0 radical (unpaired) electrons. The lowest BCUT2D eigenvalue weighted by molar-refractivity contribution is -0.251. The van der Waals surface area contributed by atoms with Crippen LogP contribution in [0.4, 0.5) is 0 Å². The number of phosphoric acid groups is 3. The average molecular weight is 720 g/mol. The molecule has 0 spiro atoms. The van der Waals surface area contributed by atoms with E-state index in [4.69, 9.17) is 14.6 Å². The summed E-state index contributed by atoms with van der Waals surface area (Å²) in [5.41, 5.74) is -1.97. The molecule has 0 amide bonds. The van der Waals surface area contributed by atoms with E-state index in [0.717, 1.165) is 12.3 Å². The van der Waals surface area contributed by atoms with E-state index in [-0.39, 0.29) is 5.56 Å². The molecular weight excluding hydrogens is 700 g/mol. The first-order chi connectivity index (χ1) is 20.7. The van der Waals surface area contributed by atoms with E-state index < -0.39 is 98.0 Å². The summed E-state index contributed by atoms with van der Waals surface area (Å²) in [6.45, 7) is -1.33. The van der Waals surface area contributed by atoms with Crippen molar-refractivity contribution in [2.75, 3.05) is 12.8 Å². The number of aromatic nitrogens is 2. The van der Waals surface area contributed by atoms with Gasteiger partial charge in [0, 0.05) is 18.4 Å². The summed E-state index contributed by atoms with van der Waals surface area (Å²) in [6, 6.07) is 8.04. The summed E-state index contributed by atoms with van der Waals surface area (Å²) in [5.74, 6) is -2.72. The molecule has 0 aliphatic carbocycles. The number of rotatable bonds is 15. The van der Waals surface area contributed by atoms with Crippen LogP contribution in [0, 0.1) is 0 Å². The van der Waals surface area contributed by atoms with Crippen molar-refractivity contribution >= 4 is 43.0 Å². The van der Waals surface area contributed by atoms with Gasteiger partial charge in [0.15, 0.2) is 12.3 Å². The van der Waals surface area contributed by atoms with Crippen molar-refractivity contribution in [1.82, 2.24) is 9.55 Å². The van der Waals surface area contributed by atoms with E-state index in [9.17, 15) is 62.1 Å². The maximum absolute atomic E-state index is 12.6. The molecule has 3 N–H and O–H groups in total. The summed E-state index contributed by atoms with van der Waals surface area (Å²) in [6.07, 6.45) is -9.00. The number of benzene rings is 1. The molecule has 45 heavy (non-hydrogen) atoms. The Labute approximate surface area is 250 Å². The number of phosphoric ester groups is 1. The Hall–Kier alpha value is -2.64. The quantitative estimate of drug-likeness (QED) is 0.127. The fourth-order valence-electron chi connectivity index (χ4n) is 3.49. The second-order valence-corrected chi connectivity index (χ2v) is 15.2. The Morgan fingerprint density at radius 2 is 1.53 bits per heavy atom.